The summed E-state index contributed by atoms with van der Waals surface area (Å²) in [6.07, 6.45) is 5.42. The van der Waals surface area contributed by atoms with Gasteiger partial charge in [0, 0.05) is 19.7 Å². The first-order chi connectivity index (χ1) is 11.6. The second-order valence-electron chi connectivity index (χ2n) is 7.24. The monoisotopic (exact) mass is 334 g/mol. The minimum absolute atomic E-state index is 0.0304. The van der Waals surface area contributed by atoms with Crippen molar-refractivity contribution in [2.75, 3.05) is 19.7 Å². The van der Waals surface area contributed by atoms with Crippen LogP contribution in [0.1, 0.15) is 56.2 Å². The zero-order valence-corrected chi connectivity index (χ0v) is 14.4. The number of carbonyl (C=O) groups excluding carboxylic acids is 1. The first-order valence-electron chi connectivity index (χ1n) is 9.01. The van der Waals surface area contributed by atoms with Gasteiger partial charge in [0.15, 0.2) is 0 Å². The number of carbonyl (C=O) groups is 1. The van der Waals surface area contributed by atoms with Crippen molar-refractivity contribution < 1.29 is 14.3 Å². The van der Waals surface area contributed by atoms with Crippen molar-refractivity contribution in [3.05, 3.63) is 35.1 Å². The highest BCUT2D eigenvalue weighted by molar-refractivity contribution is 5.75. The van der Waals surface area contributed by atoms with Crippen LogP contribution in [-0.4, -0.2) is 35.7 Å². The summed E-state index contributed by atoms with van der Waals surface area (Å²) in [5.74, 6) is -0.247. The summed E-state index contributed by atoms with van der Waals surface area (Å²) < 4.78 is 13.6. The number of halogens is 1. The van der Waals surface area contributed by atoms with Gasteiger partial charge in [-0.05, 0) is 67.2 Å². The molecule has 1 aromatic rings. The number of nitrogens with zero attached hydrogens (tertiary/aromatic N) is 1. The van der Waals surface area contributed by atoms with Crippen LogP contribution in [-0.2, 0) is 6.42 Å². The molecule has 1 aliphatic heterocycles. The Hall–Kier alpha value is -1.62. The summed E-state index contributed by atoms with van der Waals surface area (Å²) in [6, 6.07) is 4.71. The maximum absolute atomic E-state index is 13.6. The predicted molar refractivity (Wildman–Crippen MR) is 91.2 cm³/mol. The van der Waals surface area contributed by atoms with Crippen molar-refractivity contribution in [1.29, 1.82) is 0 Å². The second-order valence-corrected chi connectivity index (χ2v) is 7.24. The van der Waals surface area contributed by atoms with Crippen molar-refractivity contribution in [2.24, 2.45) is 5.41 Å². The lowest BCUT2D eigenvalue weighted by Crippen LogP contribution is -2.49. The van der Waals surface area contributed by atoms with Crippen LogP contribution < -0.4 is 5.32 Å². The fraction of sp³-hybridized carbons (Fsp3) is 0.632. The van der Waals surface area contributed by atoms with Gasteiger partial charge in [-0.15, -0.1) is 0 Å². The van der Waals surface area contributed by atoms with E-state index in [2.05, 4.69) is 12.2 Å². The lowest BCUT2D eigenvalue weighted by Gasteiger charge is -2.40. The van der Waals surface area contributed by atoms with Crippen LogP contribution in [0.15, 0.2) is 18.2 Å². The summed E-state index contributed by atoms with van der Waals surface area (Å²) in [5, 5.41) is 12.7. The van der Waals surface area contributed by atoms with Crippen LogP contribution >= 0.6 is 0 Å². The number of piperidine rings is 1. The third-order valence-electron chi connectivity index (χ3n) is 5.92. The van der Waals surface area contributed by atoms with Crippen LogP contribution in [0, 0.1) is 11.2 Å². The number of hydrogen-bond donors (Lipinski definition) is 2. The van der Waals surface area contributed by atoms with Gasteiger partial charge in [-0.3, -0.25) is 0 Å². The molecule has 1 unspecified atom stereocenters. The summed E-state index contributed by atoms with van der Waals surface area (Å²) in [7, 11) is 0. The number of amides is 2. The predicted octanol–water partition coefficient (Wildman–Crippen LogP) is 3.40. The quantitative estimate of drug-likeness (QED) is 0.890. The summed E-state index contributed by atoms with van der Waals surface area (Å²) in [5.41, 5.74) is 2.03. The Bertz CT molecular complexity index is 591. The molecule has 0 saturated carbocycles. The van der Waals surface area contributed by atoms with E-state index >= 15 is 0 Å². The molecule has 2 amide bonds. The molecule has 4 nitrogen and oxygen atoms in total. The molecule has 0 spiro atoms. The van der Waals surface area contributed by atoms with Gasteiger partial charge < -0.3 is 15.3 Å². The molecular weight excluding hydrogens is 307 g/mol. The van der Waals surface area contributed by atoms with E-state index in [1.54, 1.807) is 6.07 Å². The highest BCUT2D eigenvalue weighted by Gasteiger charge is 2.34. The number of hydrogen-bond acceptors (Lipinski definition) is 2. The largest absolute Gasteiger partial charge is 0.396 e. The van der Waals surface area contributed by atoms with Gasteiger partial charge in [-0.2, -0.15) is 0 Å². The van der Waals surface area contributed by atoms with E-state index in [0.29, 0.717) is 13.1 Å². The smallest absolute Gasteiger partial charge is 0.317 e. The van der Waals surface area contributed by atoms with Gasteiger partial charge in [-0.1, -0.05) is 13.0 Å². The Morgan fingerprint density at radius 2 is 2.17 bits per heavy atom. The van der Waals surface area contributed by atoms with Gasteiger partial charge in [0.25, 0.3) is 0 Å². The second kappa shape index (κ2) is 7.09. The molecule has 0 aromatic heterocycles. The molecule has 1 fully saturated rings. The molecule has 3 rings (SSSR count). The molecule has 2 N–H and O–H groups in total. The zero-order valence-electron chi connectivity index (χ0n) is 14.4. The van der Waals surface area contributed by atoms with Crippen molar-refractivity contribution in [3.8, 4) is 0 Å². The maximum atomic E-state index is 13.6. The molecule has 1 heterocycles. The van der Waals surface area contributed by atoms with E-state index in [0.717, 1.165) is 49.7 Å². The molecule has 132 valence electrons. The standard InChI is InChI=1S/C19H27FN2O2/c1-2-19(13-23)8-10-22(11-9-19)18(24)21-17-5-3-4-14-6-7-15(20)12-16(14)17/h6-7,12,17,23H,2-5,8-11,13H2,1H3,(H,21,24). The van der Waals surface area contributed by atoms with Gasteiger partial charge in [0.1, 0.15) is 5.82 Å². The van der Waals surface area contributed by atoms with Gasteiger partial charge in [-0.25, -0.2) is 9.18 Å². The average molecular weight is 334 g/mol. The van der Waals surface area contributed by atoms with Crippen LogP contribution in [0.2, 0.25) is 0 Å². The Kier molecular flexibility index (Phi) is 5.09. The van der Waals surface area contributed by atoms with Gasteiger partial charge in [0.05, 0.1) is 6.04 Å². The van der Waals surface area contributed by atoms with E-state index in [1.165, 1.54) is 6.07 Å². The number of aryl methyl sites for hydroxylation is 1. The van der Waals surface area contributed by atoms with Crippen molar-refractivity contribution in [3.63, 3.8) is 0 Å². The number of fused-ring (bicyclic) bond motifs is 1. The van der Waals surface area contributed by atoms with Crippen molar-refractivity contribution in [1.82, 2.24) is 10.2 Å². The van der Waals surface area contributed by atoms with E-state index in [-0.39, 0.29) is 29.9 Å². The molecule has 1 aromatic carbocycles. The van der Waals surface area contributed by atoms with Crippen LogP contribution in [0.5, 0.6) is 0 Å². The lowest BCUT2D eigenvalue weighted by molar-refractivity contribution is 0.0513. The number of benzene rings is 1. The van der Waals surface area contributed by atoms with Crippen LogP contribution in [0.4, 0.5) is 9.18 Å². The Morgan fingerprint density at radius 1 is 1.42 bits per heavy atom. The molecule has 24 heavy (non-hydrogen) atoms. The minimum Gasteiger partial charge on any atom is -0.396 e. The number of aliphatic hydroxyl groups excluding tert-OH is 1. The Morgan fingerprint density at radius 3 is 2.83 bits per heavy atom. The minimum atomic E-state index is -0.247. The fourth-order valence-corrected chi connectivity index (χ4v) is 3.97. The number of likely N-dealkylation sites (tertiary alicyclic amines) is 1. The lowest BCUT2D eigenvalue weighted by atomic mass is 9.77. The summed E-state index contributed by atoms with van der Waals surface area (Å²) in [6.45, 7) is 3.62. The van der Waals surface area contributed by atoms with Gasteiger partial charge >= 0.3 is 6.03 Å². The normalized spacial score (nSPS) is 22.8. The number of aliphatic hydroxyl groups is 1. The average Bonchev–Trinajstić information content (AvgIpc) is 2.62. The topological polar surface area (TPSA) is 52.6 Å². The molecule has 1 atom stereocenters. The first kappa shape index (κ1) is 17.2. The SMILES string of the molecule is CCC1(CO)CCN(C(=O)NC2CCCc3ccc(F)cc32)CC1. The maximum Gasteiger partial charge on any atom is 0.317 e. The third kappa shape index (κ3) is 3.41. The summed E-state index contributed by atoms with van der Waals surface area (Å²) in [4.78, 5) is 14.4. The van der Waals surface area contributed by atoms with E-state index in [4.69, 9.17) is 0 Å². The van der Waals surface area contributed by atoms with Crippen molar-refractivity contribution in [2.45, 2.75) is 51.5 Å². The Labute approximate surface area is 143 Å². The number of urea groups is 1. The Balaban J connectivity index is 1.64. The third-order valence-corrected chi connectivity index (χ3v) is 5.92. The molecule has 0 bridgehead atoms. The molecule has 2 aliphatic rings. The number of rotatable bonds is 3. The van der Waals surface area contributed by atoms with E-state index < -0.39 is 0 Å². The molecule has 0 radical (unpaired) electrons. The van der Waals surface area contributed by atoms with Gasteiger partial charge in [0.2, 0.25) is 0 Å². The van der Waals surface area contributed by atoms with E-state index in [9.17, 15) is 14.3 Å². The molecular formula is C19H27FN2O2. The zero-order chi connectivity index (χ0) is 17.2. The highest BCUT2D eigenvalue weighted by Crippen LogP contribution is 2.35. The van der Waals surface area contributed by atoms with Crippen LogP contribution in [0.25, 0.3) is 0 Å². The fourth-order valence-electron chi connectivity index (χ4n) is 3.97. The van der Waals surface area contributed by atoms with Crippen molar-refractivity contribution >= 4 is 6.03 Å². The first-order valence-corrected chi connectivity index (χ1v) is 9.01. The number of nitrogens with one attached hydrogen (secondary N) is 1. The highest BCUT2D eigenvalue weighted by atomic mass is 19.1. The van der Waals surface area contributed by atoms with E-state index in [1.807, 2.05) is 11.0 Å². The molecule has 1 aliphatic carbocycles. The summed E-state index contributed by atoms with van der Waals surface area (Å²) >= 11 is 0. The van der Waals surface area contributed by atoms with Crippen LogP contribution in [0.3, 0.4) is 0 Å². The molecule has 1 saturated heterocycles. The molecule has 5 heteroatoms.